The van der Waals surface area contributed by atoms with Crippen LogP contribution in [0.3, 0.4) is 0 Å². The van der Waals surface area contributed by atoms with Crippen LogP contribution < -0.4 is 0 Å². The molecule has 4 rings (SSSR count). The van der Waals surface area contributed by atoms with Crippen molar-refractivity contribution in [3.63, 3.8) is 0 Å². The van der Waals surface area contributed by atoms with E-state index in [-0.39, 0.29) is 30.6 Å². The third kappa shape index (κ3) is 3.98. The van der Waals surface area contributed by atoms with Crippen LogP contribution in [0.2, 0.25) is 0 Å². The number of amides is 1. The van der Waals surface area contributed by atoms with Crippen LogP contribution in [0.25, 0.3) is 0 Å². The summed E-state index contributed by atoms with van der Waals surface area (Å²) in [7, 11) is 0. The van der Waals surface area contributed by atoms with Crippen molar-refractivity contribution in [2.45, 2.75) is 56.4 Å². The maximum absolute atomic E-state index is 13.5. The van der Waals surface area contributed by atoms with Crippen LogP contribution in [0.15, 0.2) is 54.6 Å². The fourth-order valence-electron chi connectivity index (χ4n) is 4.59. The van der Waals surface area contributed by atoms with Crippen LogP contribution in [0.5, 0.6) is 0 Å². The van der Waals surface area contributed by atoms with Gasteiger partial charge in [0.05, 0.1) is 5.60 Å². The van der Waals surface area contributed by atoms with Crippen molar-refractivity contribution in [3.05, 3.63) is 71.5 Å². The molecule has 0 radical (unpaired) electrons. The minimum atomic E-state index is -0.907. The molecule has 0 aliphatic carbocycles. The third-order valence-corrected chi connectivity index (χ3v) is 5.69. The highest BCUT2D eigenvalue weighted by atomic mass is 19.1. The van der Waals surface area contributed by atoms with Gasteiger partial charge in [-0.05, 0) is 48.9 Å². The van der Waals surface area contributed by atoms with Crippen LogP contribution in [-0.2, 0) is 17.8 Å². The summed E-state index contributed by atoms with van der Waals surface area (Å²) in [4.78, 5) is 14.4. The zero-order chi connectivity index (χ0) is 18.9. The lowest BCUT2D eigenvalue weighted by molar-refractivity contribution is -0.0485. The second kappa shape index (κ2) is 7.31. The first-order valence-electron chi connectivity index (χ1n) is 9.48. The van der Waals surface area contributed by atoms with E-state index in [9.17, 15) is 14.3 Å². The van der Waals surface area contributed by atoms with Gasteiger partial charge in [-0.25, -0.2) is 9.18 Å². The molecule has 2 aliphatic rings. The van der Waals surface area contributed by atoms with Gasteiger partial charge in [0, 0.05) is 18.5 Å². The molecule has 0 saturated carbocycles. The van der Waals surface area contributed by atoms with Crippen LogP contribution in [0.4, 0.5) is 9.18 Å². The summed E-state index contributed by atoms with van der Waals surface area (Å²) in [6.07, 6.45) is 2.85. The number of nitrogens with zero attached hydrogens (tertiary/aromatic N) is 1. The Balaban J connectivity index is 1.40. The Kier molecular flexibility index (Phi) is 4.87. The molecule has 4 nitrogen and oxygen atoms in total. The van der Waals surface area contributed by atoms with Crippen molar-refractivity contribution in [3.8, 4) is 0 Å². The lowest BCUT2D eigenvalue weighted by Crippen LogP contribution is -2.54. The van der Waals surface area contributed by atoms with Crippen molar-refractivity contribution >= 4 is 6.09 Å². The van der Waals surface area contributed by atoms with Crippen LogP contribution >= 0.6 is 0 Å². The fourth-order valence-corrected chi connectivity index (χ4v) is 4.59. The molecule has 142 valence electrons. The van der Waals surface area contributed by atoms with Crippen molar-refractivity contribution in [1.82, 2.24) is 4.90 Å². The Labute approximate surface area is 158 Å². The summed E-state index contributed by atoms with van der Waals surface area (Å²) >= 11 is 0. The largest absolute Gasteiger partial charge is 0.445 e. The molecule has 2 fully saturated rings. The molecular formula is C22H24FNO3. The monoisotopic (exact) mass is 369 g/mol. The minimum absolute atomic E-state index is 0.0226. The topological polar surface area (TPSA) is 49.8 Å². The average molecular weight is 369 g/mol. The number of hydrogen-bond acceptors (Lipinski definition) is 3. The van der Waals surface area contributed by atoms with E-state index in [1.807, 2.05) is 41.3 Å². The molecule has 2 aliphatic heterocycles. The lowest BCUT2D eigenvalue weighted by Gasteiger charge is -2.43. The summed E-state index contributed by atoms with van der Waals surface area (Å²) in [5.41, 5.74) is 0.838. The predicted octanol–water partition coefficient (Wildman–Crippen LogP) is 4.06. The highest BCUT2D eigenvalue weighted by Gasteiger charge is 2.49. The summed E-state index contributed by atoms with van der Waals surface area (Å²) in [6.45, 7) is 0.253. The minimum Gasteiger partial charge on any atom is -0.445 e. The number of halogens is 1. The average Bonchev–Trinajstić information content (AvgIpc) is 2.93. The number of aliphatic hydroxyl groups is 1. The Morgan fingerprint density at radius 1 is 1.07 bits per heavy atom. The number of carbonyl (C=O) groups excluding carboxylic acids is 1. The molecule has 2 aromatic rings. The normalized spacial score (nSPS) is 26.8. The number of ether oxygens (including phenoxy) is 1. The van der Waals surface area contributed by atoms with E-state index in [0.29, 0.717) is 19.3 Å². The van der Waals surface area contributed by atoms with E-state index in [1.54, 1.807) is 6.07 Å². The quantitative estimate of drug-likeness (QED) is 0.884. The Morgan fingerprint density at radius 2 is 1.74 bits per heavy atom. The molecule has 0 aromatic heterocycles. The van der Waals surface area contributed by atoms with Crippen LogP contribution in [-0.4, -0.2) is 33.8 Å². The molecule has 1 N–H and O–H groups in total. The van der Waals surface area contributed by atoms with Crippen molar-refractivity contribution in [2.24, 2.45) is 0 Å². The van der Waals surface area contributed by atoms with E-state index < -0.39 is 5.60 Å². The van der Waals surface area contributed by atoms with Gasteiger partial charge in [-0.2, -0.15) is 0 Å². The molecule has 1 amide bonds. The second-order valence-electron chi connectivity index (χ2n) is 7.77. The number of rotatable bonds is 4. The maximum atomic E-state index is 13.5. The predicted molar refractivity (Wildman–Crippen MR) is 99.6 cm³/mol. The fraction of sp³-hybridized carbons (Fsp3) is 0.409. The Hall–Kier alpha value is -2.40. The van der Waals surface area contributed by atoms with Gasteiger partial charge in [0.1, 0.15) is 12.4 Å². The number of hydrogen-bond donors (Lipinski definition) is 1. The summed E-state index contributed by atoms with van der Waals surface area (Å²) in [6, 6.07) is 15.9. The standard InChI is InChI=1S/C22H24FNO3/c23-18-8-4-7-17(11-18)12-22(26)13-19-9-10-20(14-22)24(19)21(25)27-15-16-5-2-1-3-6-16/h1-8,11,19-20,26H,9-10,12-15H2. The zero-order valence-corrected chi connectivity index (χ0v) is 15.2. The SMILES string of the molecule is O=C(OCc1ccccc1)N1C2CCC1CC(O)(Cc1cccc(F)c1)C2. The molecule has 2 aromatic carbocycles. The summed E-state index contributed by atoms with van der Waals surface area (Å²) in [5.74, 6) is -0.291. The van der Waals surface area contributed by atoms with Gasteiger partial charge in [-0.15, -0.1) is 0 Å². The Bertz CT molecular complexity index is 796. The highest BCUT2D eigenvalue weighted by molar-refractivity contribution is 5.69. The maximum Gasteiger partial charge on any atom is 0.410 e. The van der Waals surface area contributed by atoms with Gasteiger partial charge >= 0.3 is 6.09 Å². The van der Waals surface area contributed by atoms with E-state index in [2.05, 4.69) is 0 Å². The molecule has 27 heavy (non-hydrogen) atoms. The van der Waals surface area contributed by atoms with Crippen LogP contribution in [0, 0.1) is 5.82 Å². The summed E-state index contributed by atoms with van der Waals surface area (Å²) in [5, 5.41) is 11.1. The molecule has 2 bridgehead atoms. The molecule has 2 heterocycles. The van der Waals surface area contributed by atoms with Gasteiger partial charge in [0.2, 0.25) is 0 Å². The van der Waals surface area contributed by atoms with E-state index in [4.69, 9.17) is 4.74 Å². The first-order chi connectivity index (χ1) is 13.0. The molecular weight excluding hydrogens is 345 g/mol. The van der Waals surface area contributed by atoms with Gasteiger partial charge in [0.25, 0.3) is 0 Å². The van der Waals surface area contributed by atoms with E-state index >= 15 is 0 Å². The first kappa shape index (κ1) is 18.0. The Morgan fingerprint density at radius 3 is 2.41 bits per heavy atom. The number of benzene rings is 2. The molecule has 2 unspecified atom stereocenters. The summed E-state index contributed by atoms with van der Waals surface area (Å²) < 4.78 is 19.0. The van der Waals surface area contributed by atoms with Crippen molar-refractivity contribution in [1.29, 1.82) is 0 Å². The van der Waals surface area contributed by atoms with Gasteiger partial charge < -0.3 is 14.7 Å². The van der Waals surface area contributed by atoms with Gasteiger partial charge in [-0.1, -0.05) is 42.5 Å². The number of piperidine rings is 1. The first-order valence-corrected chi connectivity index (χ1v) is 9.48. The number of carbonyl (C=O) groups is 1. The lowest BCUT2D eigenvalue weighted by atomic mass is 9.81. The third-order valence-electron chi connectivity index (χ3n) is 5.69. The highest BCUT2D eigenvalue weighted by Crippen LogP contribution is 2.42. The number of fused-ring (bicyclic) bond motifs is 2. The molecule has 2 saturated heterocycles. The molecule has 0 spiro atoms. The van der Waals surface area contributed by atoms with E-state index in [0.717, 1.165) is 24.0 Å². The zero-order valence-electron chi connectivity index (χ0n) is 15.2. The molecule has 2 atom stereocenters. The second-order valence-corrected chi connectivity index (χ2v) is 7.77. The van der Waals surface area contributed by atoms with Crippen molar-refractivity contribution < 1.29 is 19.0 Å². The van der Waals surface area contributed by atoms with Crippen LogP contribution in [0.1, 0.15) is 36.8 Å². The smallest absolute Gasteiger partial charge is 0.410 e. The van der Waals surface area contributed by atoms with E-state index in [1.165, 1.54) is 12.1 Å². The van der Waals surface area contributed by atoms with Crippen molar-refractivity contribution in [2.75, 3.05) is 0 Å². The van der Waals surface area contributed by atoms with Gasteiger partial charge in [-0.3, -0.25) is 0 Å². The molecule has 5 heteroatoms. The van der Waals surface area contributed by atoms with Gasteiger partial charge in [0.15, 0.2) is 0 Å².